The van der Waals surface area contributed by atoms with Crippen LogP contribution in [0.4, 0.5) is 0 Å². The zero-order chi connectivity index (χ0) is 54.8. The van der Waals surface area contributed by atoms with Gasteiger partial charge in [-0.15, -0.1) is 0 Å². The van der Waals surface area contributed by atoms with Gasteiger partial charge >= 0.3 is 0 Å². The summed E-state index contributed by atoms with van der Waals surface area (Å²) in [5.41, 5.74) is 0. The third-order valence-electron chi connectivity index (χ3n) is 15.4. The lowest BCUT2D eigenvalue weighted by Crippen LogP contribution is -2.66. The summed E-state index contributed by atoms with van der Waals surface area (Å²) in [5.74, 6) is -0.241. The number of hydrogen-bond acceptors (Lipinski definition) is 18. The molecule has 0 aliphatic carbocycles. The van der Waals surface area contributed by atoms with Gasteiger partial charge in [0.05, 0.1) is 38.6 Å². The van der Waals surface area contributed by atoms with Gasteiger partial charge in [0.1, 0.15) is 73.2 Å². The van der Waals surface area contributed by atoms with E-state index in [4.69, 9.17) is 28.4 Å². The zero-order valence-corrected chi connectivity index (χ0v) is 46.0. The third-order valence-corrected chi connectivity index (χ3v) is 15.4. The number of rotatable bonds is 44. The van der Waals surface area contributed by atoms with Crippen molar-refractivity contribution in [1.29, 1.82) is 0 Å². The molecular weight excluding hydrogens is 975 g/mol. The monoisotopic (exact) mass is 1080 g/mol. The van der Waals surface area contributed by atoms with E-state index < -0.39 is 124 Å². The highest BCUT2D eigenvalue weighted by atomic mass is 16.8. The van der Waals surface area contributed by atoms with Crippen LogP contribution in [-0.4, -0.2) is 193 Å². The van der Waals surface area contributed by atoms with Crippen molar-refractivity contribution in [3.8, 4) is 0 Å². The molecule has 0 bridgehead atoms. The maximum Gasteiger partial charge on any atom is 0.220 e. The van der Waals surface area contributed by atoms with Crippen molar-refractivity contribution in [2.75, 3.05) is 26.4 Å². The highest BCUT2D eigenvalue weighted by Crippen LogP contribution is 2.33. The predicted octanol–water partition coefficient (Wildman–Crippen LogP) is 4.82. The Morgan fingerprint density at radius 2 is 0.760 bits per heavy atom. The molecule has 1 amide bonds. The molecule has 0 spiro atoms. The minimum absolute atomic E-state index is 0.241. The van der Waals surface area contributed by atoms with Gasteiger partial charge in [-0.3, -0.25) is 4.79 Å². The second kappa shape index (κ2) is 40.9. The van der Waals surface area contributed by atoms with Crippen molar-refractivity contribution in [2.45, 2.75) is 324 Å². The second-order valence-electron chi connectivity index (χ2n) is 21.8. The van der Waals surface area contributed by atoms with E-state index in [1.165, 1.54) is 141 Å². The van der Waals surface area contributed by atoms with E-state index in [0.717, 1.165) is 44.9 Å². The lowest BCUT2D eigenvalue weighted by molar-refractivity contribution is -0.379. The summed E-state index contributed by atoms with van der Waals surface area (Å²) in [6, 6.07) is -0.878. The van der Waals surface area contributed by atoms with Crippen LogP contribution in [0.3, 0.4) is 0 Å². The maximum absolute atomic E-state index is 13.3. The molecule has 75 heavy (non-hydrogen) atoms. The first-order valence-electron chi connectivity index (χ1n) is 29.8. The van der Waals surface area contributed by atoms with Crippen molar-refractivity contribution >= 4 is 5.91 Å². The van der Waals surface area contributed by atoms with Gasteiger partial charge in [0.25, 0.3) is 0 Å². The van der Waals surface area contributed by atoms with E-state index in [1.807, 2.05) is 0 Å². The molecule has 3 aliphatic heterocycles. The van der Waals surface area contributed by atoms with Crippen LogP contribution in [0, 0.1) is 0 Å². The normalized spacial score (nSPS) is 31.1. The van der Waals surface area contributed by atoms with E-state index in [-0.39, 0.29) is 18.9 Å². The highest BCUT2D eigenvalue weighted by Gasteiger charge is 2.53. The number of unbranched alkanes of at least 4 members (excludes halogenated alkanes) is 28. The van der Waals surface area contributed by atoms with Crippen LogP contribution < -0.4 is 5.32 Å². The number of ether oxygens (including phenoxy) is 6. The van der Waals surface area contributed by atoms with Gasteiger partial charge < -0.3 is 89.9 Å². The fourth-order valence-electron chi connectivity index (χ4n) is 10.5. The van der Waals surface area contributed by atoms with Crippen LogP contribution in [0.1, 0.15) is 219 Å². The lowest BCUT2D eigenvalue weighted by Gasteiger charge is -2.48. The molecule has 0 radical (unpaired) electrons. The Hall–Kier alpha value is -1.21. The molecule has 12 N–H and O–H groups in total. The molecule has 17 unspecified atom stereocenters. The Morgan fingerprint density at radius 3 is 1.16 bits per heavy atom. The number of aliphatic hydroxyl groups excluding tert-OH is 11. The standard InChI is InChI=1S/C56H107NO18/c1-3-5-7-9-11-13-15-16-17-18-19-20-21-22-23-24-26-28-30-32-34-44(62)57-39(40(61)33-31-29-27-25-14-12-10-8-6-4-2)38-70-54-50(68)47(65)52(42(36-59)72-54)75-56-51(69)48(66)53(43(37-60)73-56)74-55-49(67)46(64)45(63)41(35-58)71-55/h39-43,45-56,58-61,63-69H,3-38H2,1-2H3,(H,57,62). The van der Waals surface area contributed by atoms with Crippen molar-refractivity contribution in [3.05, 3.63) is 0 Å². The average Bonchev–Trinajstić information content (AvgIpc) is 3.41. The molecule has 3 heterocycles. The topological polar surface area (TPSA) is 307 Å². The van der Waals surface area contributed by atoms with Crippen molar-refractivity contribution in [3.63, 3.8) is 0 Å². The fourth-order valence-corrected chi connectivity index (χ4v) is 10.5. The van der Waals surface area contributed by atoms with Crippen molar-refractivity contribution in [2.24, 2.45) is 0 Å². The van der Waals surface area contributed by atoms with Crippen LogP contribution in [-0.2, 0) is 33.2 Å². The molecule has 3 saturated heterocycles. The van der Waals surface area contributed by atoms with Gasteiger partial charge in [0.15, 0.2) is 18.9 Å². The quantitative estimate of drug-likeness (QED) is 0.0364. The van der Waals surface area contributed by atoms with Crippen LogP contribution >= 0.6 is 0 Å². The highest BCUT2D eigenvalue weighted by molar-refractivity contribution is 5.76. The first kappa shape index (κ1) is 68.1. The van der Waals surface area contributed by atoms with Crippen molar-refractivity contribution < 1.29 is 89.4 Å². The molecule has 19 nitrogen and oxygen atoms in total. The van der Waals surface area contributed by atoms with Crippen LogP contribution in [0.15, 0.2) is 0 Å². The number of amides is 1. The first-order chi connectivity index (χ1) is 36.3. The SMILES string of the molecule is CCCCCCCCCCCCCCCCCCCCCCC(=O)NC(COC1OC(CO)C(OC2OC(CO)C(OC3OC(CO)C(O)C(O)C3O)C(O)C2O)C(O)C1O)C(O)CCCCCCCCCCCC. The van der Waals surface area contributed by atoms with Crippen molar-refractivity contribution in [1.82, 2.24) is 5.32 Å². The summed E-state index contributed by atoms with van der Waals surface area (Å²) in [6.07, 6.45) is 10.6. The predicted molar refractivity (Wildman–Crippen MR) is 282 cm³/mol. The average molecular weight is 1080 g/mol. The third kappa shape index (κ3) is 25.4. The van der Waals surface area contributed by atoms with Gasteiger partial charge in [-0.2, -0.15) is 0 Å². The first-order valence-corrected chi connectivity index (χ1v) is 29.8. The van der Waals surface area contributed by atoms with E-state index in [0.29, 0.717) is 12.8 Å². The summed E-state index contributed by atoms with van der Waals surface area (Å²) < 4.78 is 34.2. The number of hydrogen-bond donors (Lipinski definition) is 12. The number of nitrogens with one attached hydrogen (secondary N) is 1. The Morgan fingerprint density at radius 1 is 0.427 bits per heavy atom. The number of aliphatic hydroxyl groups is 11. The molecule has 0 aromatic rings. The zero-order valence-electron chi connectivity index (χ0n) is 46.0. The van der Waals surface area contributed by atoms with E-state index >= 15 is 0 Å². The van der Waals surface area contributed by atoms with Gasteiger partial charge in [-0.05, 0) is 12.8 Å². The van der Waals surface area contributed by atoms with E-state index in [1.54, 1.807) is 0 Å². The van der Waals surface area contributed by atoms with Crippen LogP contribution in [0.5, 0.6) is 0 Å². The molecule has 3 aliphatic rings. The van der Waals surface area contributed by atoms with E-state index in [9.17, 15) is 61.0 Å². The Balaban J connectivity index is 1.46. The maximum atomic E-state index is 13.3. The minimum atomic E-state index is -1.97. The summed E-state index contributed by atoms with van der Waals surface area (Å²) in [7, 11) is 0. The number of carbonyl (C=O) groups is 1. The smallest absolute Gasteiger partial charge is 0.220 e. The largest absolute Gasteiger partial charge is 0.394 e. The van der Waals surface area contributed by atoms with Gasteiger partial charge in [0, 0.05) is 6.42 Å². The molecule has 0 aromatic carbocycles. The Bertz CT molecular complexity index is 1390. The molecule has 3 rings (SSSR count). The Kier molecular flexibility index (Phi) is 37.1. The van der Waals surface area contributed by atoms with Gasteiger partial charge in [0.2, 0.25) is 5.91 Å². The molecule has 0 saturated carbocycles. The van der Waals surface area contributed by atoms with E-state index in [2.05, 4.69) is 19.2 Å². The summed E-state index contributed by atoms with van der Waals surface area (Å²) in [5, 5.41) is 120. The second-order valence-corrected chi connectivity index (χ2v) is 21.8. The molecule has 3 fully saturated rings. The molecular formula is C56H107NO18. The van der Waals surface area contributed by atoms with Crippen LogP contribution in [0.2, 0.25) is 0 Å². The van der Waals surface area contributed by atoms with Gasteiger partial charge in [-0.1, -0.05) is 200 Å². The summed E-state index contributed by atoms with van der Waals surface area (Å²) >= 11 is 0. The lowest BCUT2D eigenvalue weighted by atomic mass is 9.96. The molecule has 0 aromatic heterocycles. The van der Waals surface area contributed by atoms with Gasteiger partial charge in [-0.25, -0.2) is 0 Å². The fraction of sp³-hybridized carbons (Fsp3) is 0.982. The summed E-state index contributed by atoms with van der Waals surface area (Å²) in [4.78, 5) is 13.3. The Labute approximate surface area is 449 Å². The number of carbonyl (C=O) groups excluding carboxylic acids is 1. The molecule has 19 heteroatoms. The molecule has 17 atom stereocenters. The minimum Gasteiger partial charge on any atom is -0.394 e. The molecule has 444 valence electrons. The van der Waals surface area contributed by atoms with Crippen LogP contribution in [0.25, 0.3) is 0 Å². The summed E-state index contributed by atoms with van der Waals surface area (Å²) in [6.45, 7) is 1.78.